The maximum Gasteiger partial charge on any atom is 0.268 e. The Bertz CT molecular complexity index is 695. The van der Waals surface area contributed by atoms with E-state index in [0.717, 1.165) is 40.6 Å². The topological polar surface area (TPSA) is 48.1 Å². The highest BCUT2D eigenvalue weighted by Gasteiger charge is 2.24. The van der Waals surface area contributed by atoms with Crippen molar-refractivity contribution in [2.75, 3.05) is 19.6 Å². The third-order valence-corrected chi connectivity index (χ3v) is 5.14. The van der Waals surface area contributed by atoms with Crippen molar-refractivity contribution < 1.29 is 4.79 Å². The summed E-state index contributed by atoms with van der Waals surface area (Å²) in [6, 6.07) is 6.51. The minimum Gasteiger partial charge on any atom is -0.350 e. The molecule has 118 valence electrons. The van der Waals surface area contributed by atoms with Gasteiger partial charge in [0.25, 0.3) is 5.91 Å². The summed E-state index contributed by atoms with van der Waals surface area (Å²) in [5.41, 5.74) is 2.68. The van der Waals surface area contributed by atoms with Crippen LogP contribution in [0.5, 0.6) is 0 Å². The Hall–Kier alpha value is -1.33. The number of likely N-dealkylation sites (tertiary alicyclic amines) is 1. The summed E-state index contributed by atoms with van der Waals surface area (Å²) in [6.45, 7) is 7.11. The fourth-order valence-corrected chi connectivity index (χ4v) is 3.73. The standard InChI is InChI=1S/C17H22BrN3O/c1-3-21-8-4-5-13(21)10-19-17(22)16-11(2)14-9-12(18)6-7-15(14)20-16/h6-7,9,13,20H,3-5,8,10H2,1-2H3,(H,19,22)/t13-/m1/s1. The smallest absolute Gasteiger partial charge is 0.268 e. The molecule has 1 aliphatic heterocycles. The zero-order chi connectivity index (χ0) is 15.7. The van der Waals surface area contributed by atoms with E-state index in [0.29, 0.717) is 11.7 Å². The summed E-state index contributed by atoms with van der Waals surface area (Å²) < 4.78 is 1.03. The van der Waals surface area contributed by atoms with Crippen molar-refractivity contribution in [3.8, 4) is 0 Å². The summed E-state index contributed by atoms with van der Waals surface area (Å²) in [5.74, 6) is -0.00669. The first-order valence-electron chi connectivity index (χ1n) is 7.90. The SMILES string of the molecule is CCN1CCC[C@@H]1CNC(=O)c1[nH]c2ccc(Br)cc2c1C. The number of nitrogens with zero attached hydrogens (tertiary/aromatic N) is 1. The normalized spacial score (nSPS) is 19.0. The van der Waals surface area contributed by atoms with Crippen molar-refractivity contribution in [2.24, 2.45) is 0 Å². The van der Waals surface area contributed by atoms with Crippen LogP contribution in [0.3, 0.4) is 0 Å². The van der Waals surface area contributed by atoms with Gasteiger partial charge in [-0.25, -0.2) is 0 Å². The maximum absolute atomic E-state index is 12.5. The largest absolute Gasteiger partial charge is 0.350 e. The number of fused-ring (bicyclic) bond motifs is 1. The zero-order valence-electron chi connectivity index (χ0n) is 13.1. The molecule has 0 saturated carbocycles. The van der Waals surface area contributed by atoms with Crippen molar-refractivity contribution in [3.05, 3.63) is 33.9 Å². The minimum absolute atomic E-state index is 0.00669. The van der Waals surface area contributed by atoms with Crippen molar-refractivity contribution in [2.45, 2.75) is 32.7 Å². The number of halogens is 1. The van der Waals surface area contributed by atoms with Gasteiger partial charge in [0.05, 0.1) is 0 Å². The van der Waals surface area contributed by atoms with E-state index in [2.05, 4.69) is 38.1 Å². The van der Waals surface area contributed by atoms with Crippen LogP contribution >= 0.6 is 15.9 Å². The molecule has 1 aliphatic rings. The van der Waals surface area contributed by atoms with E-state index >= 15 is 0 Å². The molecule has 1 amide bonds. The second-order valence-electron chi connectivity index (χ2n) is 5.95. The number of hydrogen-bond acceptors (Lipinski definition) is 2. The van der Waals surface area contributed by atoms with E-state index in [-0.39, 0.29) is 5.91 Å². The lowest BCUT2D eigenvalue weighted by Crippen LogP contribution is -2.40. The minimum atomic E-state index is -0.00669. The summed E-state index contributed by atoms with van der Waals surface area (Å²) >= 11 is 3.48. The molecule has 1 aromatic carbocycles. The number of carbonyl (C=O) groups excluding carboxylic acids is 1. The Morgan fingerprint density at radius 3 is 3.09 bits per heavy atom. The van der Waals surface area contributed by atoms with E-state index < -0.39 is 0 Å². The third-order valence-electron chi connectivity index (χ3n) is 4.65. The van der Waals surface area contributed by atoms with Gasteiger partial charge in [-0.2, -0.15) is 0 Å². The van der Waals surface area contributed by atoms with Gasteiger partial charge in [-0.1, -0.05) is 22.9 Å². The number of carbonyl (C=O) groups is 1. The fraction of sp³-hybridized carbons (Fsp3) is 0.471. The number of likely N-dealkylation sites (N-methyl/N-ethyl adjacent to an activating group) is 1. The van der Waals surface area contributed by atoms with Crippen molar-refractivity contribution in [1.82, 2.24) is 15.2 Å². The molecule has 0 unspecified atom stereocenters. The molecule has 1 atom stereocenters. The van der Waals surface area contributed by atoms with E-state index in [1.54, 1.807) is 0 Å². The molecule has 0 spiro atoms. The van der Waals surface area contributed by atoms with Crippen LogP contribution < -0.4 is 5.32 Å². The number of amides is 1. The molecule has 2 aromatic rings. The van der Waals surface area contributed by atoms with Gasteiger partial charge in [0.15, 0.2) is 0 Å². The average Bonchev–Trinajstić information content (AvgIpc) is 3.10. The molecule has 3 rings (SSSR count). The van der Waals surface area contributed by atoms with Gasteiger partial charge in [-0.15, -0.1) is 0 Å². The Morgan fingerprint density at radius 1 is 1.50 bits per heavy atom. The number of aromatic nitrogens is 1. The lowest BCUT2D eigenvalue weighted by molar-refractivity contribution is 0.0936. The summed E-state index contributed by atoms with van der Waals surface area (Å²) in [5, 5.41) is 4.19. The molecule has 5 heteroatoms. The van der Waals surface area contributed by atoms with Crippen LogP contribution in [0, 0.1) is 6.92 Å². The molecule has 1 saturated heterocycles. The Labute approximate surface area is 139 Å². The molecular formula is C17H22BrN3O. The highest BCUT2D eigenvalue weighted by atomic mass is 79.9. The summed E-state index contributed by atoms with van der Waals surface area (Å²) in [4.78, 5) is 18.2. The number of nitrogens with one attached hydrogen (secondary N) is 2. The van der Waals surface area contributed by atoms with Crippen molar-refractivity contribution in [1.29, 1.82) is 0 Å². The summed E-state index contributed by atoms with van der Waals surface area (Å²) in [7, 11) is 0. The van der Waals surface area contributed by atoms with Crippen LogP contribution in [0.4, 0.5) is 0 Å². The van der Waals surface area contributed by atoms with Crippen LogP contribution in [0.25, 0.3) is 10.9 Å². The fourth-order valence-electron chi connectivity index (χ4n) is 3.37. The maximum atomic E-state index is 12.5. The second kappa shape index (κ2) is 6.42. The number of H-pyrrole nitrogens is 1. The van der Waals surface area contributed by atoms with Crippen molar-refractivity contribution >= 4 is 32.7 Å². The molecule has 2 heterocycles. The molecule has 2 N–H and O–H groups in total. The van der Waals surface area contributed by atoms with Crippen LogP contribution in [0.15, 0.2) is 22.7 Å². The molecular weight excluding hydrogens is 342 g/mol. The number of aromatic amines is 1. The first kappa shape index (κ1) is 15.6. The van der Waals surface area contributed by atoms with Gasteiger partial charge < -0.3 is 10.3 Å². The molecule has 4 nitrogen and oxygen atoms in total. The van der Waals surface area contributed by atoms with Gasteiger partial charge in [-0.3, -0.25) is 9.69 Å². The second-order valence-corrected chi connectivity index (χ2v) is 6.87. The quantitative estimate of drug-likeness (QED) is 0.873. The molecule has 1 aromatic heterocycles. The molecule has 1 fully saturated rings. The van der Waals surface area contributed by atoms with Gasteiger partial charge in [0.1, 0.15) is 5.69 Å². The van der Waals surface area contributed by atoms with Crippen molar-refractivity contribution in [3.63, 3.8) is 0 Å². The number of rotatable bonds is 4. The Balaban J connectivity index is 1.74. The van der Waals surface area contributed by atoms with E-state index in [1.165, 1.54) is 12.8 Å². The number of benzene rings is 1. The predicted molar refractivity (Wildman–Crippen MR) is 93.3 cm³/mol. The predicted octanol–water partition coefficient (Wildman–Crippen LogP) is 3.45. The summed E-state index contributed by atoms with van der Waals surface area (Å²) in [6.07, 6.45) is 2.40. The number of hydrogen-bond donors (Lipinski definition) is 2. The monoisotopic (exact) mass is 363 g/mol. The Kier molecular flexibility index (Phi) is 4.54. The van der Waals surface area contributed by atoms with Gasteiger partial charge in [-0.05, 0) is 56.6 Å². The highest BCUT2D eigenvalue weighted by molar-refractivity contribution is 9.10. The number of aryl methyl sites for hydroxylation is 1. The van der Waals surface area contributed by atoms with E-state index in [9.17, 15) is 4.79 Å². The Morgan fingerprint density at radius 2 is 2.32 bits per heavy atom. The van der Waals surface area contributed by atoms with Crippen LogP contribution in [-0.4, -0.2) is 41.5 Å². The van der Waals surface area contributed by atoms with Gasteiger partial charge in [0.2, 0.25) is 0 Å². The first-order chi connectivity index (χ1) is 10.6. The lowest BCUT2D eigenvalue weighted by atomic mass is 10.1. The molecule has 0 radical (unpaired) electrons. The molecule has 22 heavy (non-hydrogen) atoms. The van der Waals surface area contributed by atoms with Crippen LogP contribution in [0.2, 0.25) is 0 Å². The zero-order valence-corrected chi connectivity index (χ0v) is 14.7. The molecule has 0 bridgehead atoms. The highest BCUT2D eigenvalue weighted by Crippen LogP contribution is 2.25. The van der Waals surface area contributed by atoms with E-state index in [1.807, 2.05) is 25.1 Å². The average molecular weight is 364 g/mol. The lowest BCUT2D eigenvalue weighted by Gasteiger charge is -2.22. The first-order valence-corrected chi connectivity index (χ1v) is 8.69. The van der Waals surface area contributed by atoms with E-state index in [4.69, 9.17) is 0 Å². The van der Waals surface area contributed by atoms with Crippen LogP contribution in [0.1, 0.15) is 35.8 Å². The third kappa shape index (κ3) is 2.92. The van der Waals surface area contributed by atoms with Gasteiger partial charge in [0, 0.05) is 28.0 Å². The molecule has 0 aliphatic carbocycles. The van der Waals surface area contributed by atoms with Crippen LogP contribution in [-0.2, 0) is 0 Å². The van der Waals surface area contributed by atoms with Gasteiger partial charge >= 0.3 is 0 Å².